The van der Waals surface area contributed by atoms with E-state index in [-0.39, 0.29) is 28.5 Å². The van der Waals surface area contributed by atoms with Crippen LogP contribution in [0.4, 0.5) is 10.1 Å². The minimum Gasteiger partial charge on any atom is -0.349 e. The molecular formula is C20H19FN4O2S2. The number of aromatic nitrogens is 2. The summed E-state index contributed by atoms with van der Waals surface area (Å²) in [5.74, 6) is -0.0759. The maximum atomic E-state index is 12.9. The van der Waals surface area contributed by atoms with Crippen LogP contribution in [0, 0.1) is 5.82 Å². The van der Waals surface area contributed by atoms with E-state index in [4.69, 9.17) is 0 Å². The van der Waals surface area contributed by atoms with Crippen LogP contribution in [0.5, 0.6) is 0 Å². The van der Waals surface area contributed by atoms with Crippen molar-refractivity contribution in [1.29, 1.82) is 0 Å². The summed E-state index contributed by atoms with van der Waals surface area (Å²) >= 11 is 2.57. The Labute approximate surface area is 175 Å². The number of hydrogen-bond donors (Lipinski definition) is 2. The number of halogens is 1. The van der Waals surface area contributed by atoms with Crippen molar-refractivity contribution in [2.45, 2.75) is 18.7 Å². The average molecular weight is 431 g/mol. The lowest BCUT2D eigenvalue weighted by atomic mass is 10.1. The molecule has 0 unspecified atom stereocenters. The molecule has 0 saturated carbocycles. The third-order valence-corrected chi connectivity index (χ3v) is 5.95. The van der Waals surface area contributed by atoms with Gasteiger partial charge in [-0.15, -0.1) is 22.0 Å². The van der Waals surface area contributed by atoms with Crippen LogP contribution in [0.25, 0.3) is 0 Å². The number of carbonyl (C=O) groups excluding carboxylic acids is 2. The molecule has 0 aliphatic heterocycles. The Morgan fingerprint density at radius 2 is 1.83 bits per heavy atom. The predicted molar refractivity (Wildman–Crippen MR) is 113 cm³/mol. The molecule has 0 fully saturated rings. The van der Waals surface area contributed by atoms with Crippen LogP contribution >= 0.6 is 23.1 Å². The number of carbonyl (C=O) groups is 2. The van der Waals surface area contributed by atoms with E-state index in [1.807, 2.05) is 37.3 Å². The fourth-order valence-electron chi connectivity index (χ4n) is 2.46. The minimum absolute atomic E-state index is 0.0624. The number of hydrogen-bond acceptors (Lipinski definition) is 6. The Morgan fingerprint density at radius 3 is 2.55 bits per heavy atom. The van der Waals surface area contributed by atoms with E-state index in [9.17, 15) is 14.0 Å². The van der Waals surface area contributed by atoms with Crippen molar-refractivity contribution in [2.75, 3.05) is 11.1 Å². The Hall–Kier alpha value is -2.78. The van der Waals surface area contributed by atoms with Crippen LogP contribution in [0.2, 0.25) is 0 Å². The molecule has 0 radical (unpaired) electrons. The van der Waals surface area contributed by atoms with Gasteiger partial charge in [0.05, 0.1) is 11.8 Å². The van der Waals surface area contributed by atoms with Crippen LogP contribution in [0.1, 0.15) is 33.3 Å². The molecule has 1 atom stereocenters. The van der Waals surface area contributed by atoms with Crippen molar-refractivity contribution in [1.82, 2.24) is 15.5 Å². The van der Waals surface area contributed by atoms with Gasteiger partial charge >= 0.3 is 0 Å². The van der Waals surface area contributed by atoms with Gasteiger partial charge in [-0.05, 0) is 36.8 Å². The van der Waals surface area contributed by atoms with Crippen molar-refractivity contribution >= 4 is 40.6 Å². The minimum atomic E-state index is -0.403. The fraction of sp³-hybridized carbons (Fsp3) is 0.200. The lowest BCUT2D eigenvalue weighted by Gasteiger charge is -2.13. The van der Waals surface area contributed by atoms with Gasteiger partial charge in [-0.1, -0.05) is 41.7 Å². The predicted octanol–water partition coefficient (Wildman–Crippen LogP) is 4.04. The van der Waals surface area contributed by atoms with E-state index >= 15 is 0 Å². The SMILES string of the molecule is C[C@H](NC(=O)CSCc1nnc(C(=O)Nc2ccc(F)cc2)s1)c1ccccc1. The third kappa shape index (κ3) is 6.37. The Morgan fingerprint density at radius 1 is 1.10 bits per heavy atom. The molecule has 3 aromatic rings. The summed E-state index contributed by atoms with van der Waals surface area (Å²) in [5, 5.41) is 14.3. The second kappa shape index (κ2) is 10.1. The topological polar surface area (TPSA) is 84.0 Å². The number of thioether (sulfide) groups is 1. The summed E-state index contributed by atoms with van der Waals surface area (Å²) in [4.78, 5) is 24.3. The van der Waals surface area contributed by atoms with E-state index in [1.165, 1.54) is 36.0 Å². The van der Waals surface area contributed by atoms with Crippen LogP contribution in [-0.2, 0) is 10.5 Å². The van der Waals surface area contributed by atoms with Crippen molar-refractivity contribution in [2.24, 2.45) is 0 Å². The summed E-state index contributed by atoms with van der Waals surface area (Å²) in [5.41, 5.74) is 1.53. The van der Waals surface area contributed by atoms with Gasteiger partial charge in [-0.2, -0.15) is 0 Å². The van der Waals surface area contributed by atoms with Gasteiger partial charge in [-0.25, -0.2) is 4.39 Å². The summed E-state index contributed by atoms with van der Waals surface area (Å²) in [7, 11) is 0. The summed E-state index contributed by atoms with van der Waals surface area (Å²) in [6.07, 6.45) is 0. The third-order valence-electron chi connectivity index (χ3n) is 3.90. The summed E-state index contributed by atoms with van der Waals surface area (Å²) in [6.45, 7) is 1.94. The number of amides is 2. The van der Waals surface area contributed by atoms with Crippen LogP contribution in [0.15, 0.2) is 54.6 Å². The molecular weight excluding hydrogens is 411 g/mol. The van der Waals surface area contributed by atoms with Crippen LogP contribution in [0.3, 0.4) is 0 Å². The number of nitrogens with one attached hydrogen (secondary N) is 2. The number of benzene rings is 2. The number of nitrogens with zero attached hydrogens (tertiary/aromatic N) is 2. The van der Waals surface area contributed by atoms with Crippen molar-refractivity contribution in [3.63, 3.8) is 0 Å². The Balaban J connectivity index is 1.43. The van der Waals surface area contributed by atoms with Gasteiger partial charge in [0.1, 0.15) is 10.8 Å². The zero-order valence-electron chi connectivity index (χ0n) is 15.6. The standard InChI is InChI=1S/C20H19FN4O2S2/c1-13(14-5-3-2-4-6-14)22-17(26)11-28-12-18-24-25-20(29-18)19(27)23-16-9-7-15(21)8-10-16/h2-10,13H,11-12H2,1H3,(H,22,26)(H,23,27)/t13-/m0/s1. The highest BCUT2D eigenvalue weighted by Gasteiger charge is 2.14. The first-order valence-electron chi connectivity index (χ1n) is 8.82. The number of rotatable bonds is 8. The van der Waals surface area contributed by atoms with Crippen LogP contribution < -0.4 is 10.6 Å². The molecule has 0 aliphatic carbocycles. The molecule has 0 spiro atoms. The monoisotopic (exact) mass is 430 g/mol. The van der Waals surface area contributed by atoms with Crippen molar-refractivity contribution < 1.29 is 14.0 Å². The highest BCUT2D eigenvalue weighted by atomic mass is 32.2. The normalized spacial score (nSPS) is 11.7. The maximum absolute atomic E-state index is 12.9. The first-order valence-corrected chi connectivity index (χ1v) is 10.8. The smallest absolute Gasteiger partial charge is 0.286 e. The average Bonchev–Trinajstić information content (AvgIpc) is 3.19. The molecule has 2 aromatic carbocycles. The summed E-state index contributed by atoms with van der Waals surface area (Å²) in [6, 6.07) is 15.2. The quantitative estimate of drug-likeness (QED) is 0.564. The van der Waals surface area contributed by atoms with E-state index in [0.29, 0.717) is 16.4 Å². The molecule has 150 valence electrons. The lowest BCUT2D eigenvalue weighted by molar-refractivity contribution is -0.119. The molecule has 0 saturated heterocycles. The highest BCUT2D eigenvalue weighted by molar-refractivity contribution is 7.99. The first-order chi connectivity index (χ1) is 14.0. The largest absolute Gasteiger partial charge is 0.349 e. The molecule has 6 nitrogen and oxygen atoms in total. The second-order valence-corrected chi connectivity index (χ2v) is 8.20. The van der Waals surface area contributed by atoms with E-state index in [1.54, 1.807) is 0 Å². The number of anilines is 1. The second-order valence-electron chi connectivity index (χ2n) is 6.15. The van der Waals surface area contributed by atoms with Gasteiger partial charge in [-0.3, -0.25) is 9.59 Å². The van der Waals surface area contributed by atoms with Gasteiger partial charge < -0.3 is 10.6 Å². The Kier molecular flexibility index (Phi) is 7.31. The van der Waals surface area contributed by atoms with Gasteiger partial charge in [0.2, 0.25) is 10.9 Å². The zero-order chi connectivity index (χ0) is 20.6. The Bertz CT molecular complexity index is 964. The molecule has 1 heterocycles. The molecule has 0 aliphatic rings. The van der Waals surface area contributed by atoms with E-state index in [0.717, 1.165) is 16.9 Å². The van der Waals surface area contributed by atoms with Gasteiger partial charge in [0.15, 0.2) is 0 Å². The molecule has 0 bridgehead atoms. The van der Waals surface area contributed by atoms with E-state index in [2.05, 4.69) is 20.8 Å². The first kappa shape index (κ1) is 20.9. The van der Waals surface area contributed by atoms with Gasteiger partial charge in [0, 0.05) is 11.4 Å². The zero-order valence-corrected chi connectivity index (χ0v) is 17.2. The lowest BCUT2D eigenvalue weighted by Crippen LogP contribution is -2.28. The van der Waals surface area contributed by atoms with Crippen LogP contribution in [-0.4, -0.2) is 27.8 Å². The summed E-state index contributed by atoms with van der Waals surface area (Å²) < 4.78 is 12.9. The molecule has 2 N–H and O–H groups in total. The molecule has 1 aromatic heterocycles. The highest BCUT2D eigenvalue weighted by Crippen LogP contribution is 2.19. The van der Waals surface area contributed by atoms with Crippen molar-refractivity contribution in [3.05, 3.63) is 76.0 Å². The molecule has 3 rings (SSSR count). The van der Waals surface area contributed by atoms with E-state index < -0.39 is 5.91 Å². The van der Waals surface area contributed by atoms with Crippen molar-refractivity contribution in [3.8, 4) is 0 Å². The molecule has 2 amide bonds. The fourth-order valence-corrected chi connectivity index (χ4v) is 4.08. The molecule has 9 heteroatoms. The van der Waals surface area contributed by atoms with Gasteiger partial charge in [0.25, 0.3) is 5.91 Å². The molecule has 29 heavy (non-hydrogen) atoms. The maximum Gasteiger partial charge on any atom is 0.286 e.